The van der Waals surface area contributed by atoms with Crippen LogP contribution in [0.3, 0.4) is 0 Å². The van der Waals surface area contributed by atoms with Crippen LogP contribution in [0.5, 0.6) is 0 Å². The van der Waals surface area contributed by atoms with Gasteiger partial charge in [-0.25, -0.2) is 0 Å². The molecule has 6 heteroatoms. The molecule has 2 amide bonds. The molecule has 3 rings (SSSR count). The molecule has 1 aromatic carbocycles. The van der Waals surface area contributed by atoms with Gasteiger partial charge in [-0.3, -0.25) is 9.59 Å². The van der Waals surface area contributed by atoms with Crippen LogP contribution in [-0.2, 0) is 14.3 Å². The molecule has 1 aromatic rings. The van der Waals surface area contributed by atoms with Crippen molar-refractivity contribution in [1.29, 1.82) is 0 Å². The molecule has 1 unspecified atom stereocenters. The molecule has 2 heterocycles. The Morgan fingerprint density at radius 2 is 1.96 bits per heavy atom. The highest BCUT2D eigenvalue weighted by atomic mass is 16.5. The average molecular weight is 373 g/mol. The van der Waals surface area contributed by atoms with E-state index in [1.165, 1.54) is 0 Å². The van der Waals surface area contributed by atoms with Crippen molar-refractivity contribution in [3.63, 3.8) is 0 Å². The summed E-state index contributed by atoms with van der Waals surface area (Å²) in [6.45, 7) is 10.1. The highest BCUT2D eigenvalue weighted by Crippen LogP contribution is 2.27. The normalized spacial score (nSPS) is 20.8. The first-order valence-corrected chi connectivity index (χ1v) is 10.1. The molecule has 6 nitrogen and oxygen atoms in total. The van der Waals surface area contributed by atoms with Crippen molar-refractivity contribution < 1.29 is 14.3 Å². The van der Waals surface area contributed by atoms with Crippen LogP contribution in [0.4, 0.5) is 11.4 Å². The van der Waals surface area contributed by atoms with Crippen LogP contribution in [0.25, 0.3) is 0 Å². The topological polar surface area (TPSA) is 61.9 Å². The minimum atomic E-state index is -0.276. The van der Waals surface area contributed by atoms with Gasteiger partial charge < -0.3 is 19.9 Å². The predicted octanol–water partition coefficient (Wildman–Crippen LogP) is 2.81. The lowest BCUT2D eigenvalue weighted by molar-refractivity contribution is -0.131. The number of amides is 2. The molecule has 27 heavy (non-hydrogen) atoms. The lowest BCUT2D eigenvalue weighted by atomic mass is 10.1. The summed E-state index contributed by atoms with van der Waals surface area (Å²) in [6, 6.07) is 6.34. The van der Waals surface area contributed by atoms with Crippen molar-refractivity contribution in [2.24, 2.45) is 5.92 Å². The summed E-state index contributed by atoms with van der Waals surface area (Å²) in [5, 5.41) is 3.04. The van der Waals surface area contributed by atoms with E-state index in [4.69, 9.17) is 4.74 Å². The number of hydrogen-bond donors (Lipinski definition) is 1. The van der Waals surface area contributed by atoms with Gasteiger partial charge in [0.2, 0.25) is 11.8 Å². The van der Waals surface area contributed by atoms with Crippen molar-refractivity contribution in [3.05, 3.63) is 23.8 Å². The maximum absolute atomic E-state index is 12.7. The van der Waals surface area contributed by atoms with Crippen molar-refractivity contribution in [1.82, 2.24) is 4.90 Å². The standard InChI is InChI=1S/C21H31N3O3/c1-4-23(5-2)18-6-7-19(15(3)12-18)22-21(26)16-13-20(25)24(14-16)17-8-10-27-11-9-17/h6-7,12,16-17H,4-5,8-11,13-14H2,1-3H3,(H,22,26). The summed E-state index contributed by atoms with van der Waals surface area (Å²) < 4.78 is 5.38. The lowest BCUT2D eigenvalue weighted by Crippen LogP contribution is -2.41. The number of benzene rings is 1. The first kappa shape index (κ1) is 19.7. The van der Waals surface area contributed by atoms with Gasteiger partial charge in [0.1, 0.15) is 0 Å². The highest BCUT2D eigenvalue weighted by molar-refractivity contribution is 5.97. The fourth-order valence-corrected chi connectivity index (χ4v) is 4.07. The van der Waals surface area contributed by atoms with E-state index in [9.17, 15) is 9.59 Å². The van der Waals surface area contributed by atoms with Gasteiger partial charge in [0.05, 0.1) is 5.92 Å². The zero-order valence-corrected chi connectivity index (χ0v) is 16.7. The predicted molar refractivity (Wildman–Crippen MR) is 107 cm³/mol. The van der Waals surface area contributed by atoms with E-state index in [0.717, 1.165) is 42.9 Å². The zero-order chi connectivity index (χ0) is 19.4. The average Bonchev–Trinajstić information content (AvgIpc) is 3.07. The summed E-state index contributed by atoms with van der Waals surface area (Å²) in [4.78, 5) is 29.3. The van der Waals surface area contributed by atoms with Gasteiger partial charge in [-0.1, -0.05) is 0 Å². The number of aryl methyl sites for hydroxylation is 1. The van der Waals surface area contributed by atoms with Crippen LogP contribution in [0.15, 0.2) is 18.2 Å². The van der Waals surface area contributed by atoms with Crippen LogP contribution >= 0.6 is 0 Å². The molecule has 0 spiro atoms. The minimum absolute atomic E-state index is 0.0587. The Kier molecular flexibility index (Phi) is 6.37. The molecule has 2 aliphatic heterocycles. The summed E-state index contributed by atoms with van der Waals surface area (Å²) in [5.74, 6) is -0.241. The molecule has 0 bridgehead atoms. The van der Waals surface area contributed by atoms with Crippen LogP contribution in [-0.4, -0.2) is 55.6 Å². The Balaban J connectivity index is 1.63. The molecule has 2 fully saturated rings. The summed E-state index contributed by atoms with van der Waals surface area (Å²) >= 11 is 0. The minimum Gasteiger partial charge on any atom is -0.381 e. The van der Waals surface area contributed by atoms with Gasteiger partial charge in [-0.15, -0.1) is 0 Å². The molecular weight excluding hydrogens is 342 g/mol. The second-order valence-corrected chi connectivity index (χ2v) is 7.45. The van der Waals surface area contributed by atoms with Gasteiger partial charge in [0.25, 0.3) is 0 Å². The molecule has 1 atom stereocenters. The molecule has 148 valence electrons. The maximum Gasteiger partial charge on any atom is 0.229 e. The lowest BCUT2D eigenvalue weighted by Gasteiger charge is -2.31. The Hall–Kier alpha value is -2.08. The third-order valence-corrected chi connectivity index (χ3v) is 5.76. The van der Waals surface area contributed by atoms with E-state index in [2.05, 4.69) is 30.1 Å². The number of carbonyl (C=O) groups is 2. The van der Waals surface area contributed by atoms with Crippen LogP contribution < -0.4 is 10.2 Å². The number of rotatable bonds is 6. The van der Waals surface area contributed by atoms with E-state index in [-0.39, 0.29) is 23.8 Å². The van der Waals surface area contributed by atoms with E-state index in [1.807, 2.05) is 24.0 Å². The molecule has 0 aliphatic carbocycles. The third kappa shape index (κ3) is 4.43. The number of nitrogens with zero attached hydrogens (tertiary/aromatic N) is 2. The first-order valence-electron chi connectivity index (χ1n) is 10.1. The summed E-state index contributed by atoms with van der Waals surface area (Å²) in [5.41, 5.74) is 3.03. The monoisotopic (exact) mass is 373 g/mol. The number of anilines is 2. The first-order chi connectivity index (χ1) is 13.0. The molecule has 0 radical (unpaired) electrons. The molecule has 2 aliphatic rings. The Bertz CT molecular complexity index is 681. The smallest absolute Gasteiger partial charge is 0.229 e. The molecular formula is C21H31N3O3. The van der Waals surface area contributed by atoms with Gasteiger partial charge in [-0.05, 0) is 57.4 Å². The number of nitrogens with one attached hydrogen (secondary N) is 1. The fourth-order valence-electron chi connectivity index (χ4n) is 4.07. The Morgan fingerprint density at radius 1 is 1.26 bits per heavy atom. The summed E-state index contributed by atoms with van der Waals surface area (Å²) in [7, 11) is 0. The van der Waals surface area contributed by atoms with Crippen LogP contribution in [0.2, 0.25) is 0 Å². The van der Waals surface area contributed by atoms with Crippen molar-refractivity contribution in [2.75, 3.05) is 43.1 Å². The molecule has 0 aromatic heterocycles. The fraction of sp³-hybridized carbons (Fsp3) is 0.619. The van der Waals surface area contributed by atoms with Gasteiger partial charge >= 0.3 is 0 Å². The van der Waals surface area contributed by atoms with E-state index >= 15 is 0 Å². The molecule has 0 saturated carbocycles. The van der Waals surface area contributed by atoms with Crippen molar-refractivity contribution in [2.45, 2.75) is 46.1 Å². The van der Waals surface area contributed by atoms with Crippen molar-refractivity contribution >= 4 is 23.2 Å². The number of carbonyl (C=O) groups excluding carboxylic acids is 2. The number of likely N-dealkylation sites (tertiary alicyclic amines) is 1. The SMILES string of the molecule is CCN(CC)c1ccc(NC(=O)C2CC(=O)N(C3CCOCC3)C2)c(C)c1. The van der Waals surface area contributed by atoms with Gasteiger partial charge in [0.15, 0.2) is 0 Å². The second kappa shape index (κ2) is 8.74. The van der Waals surface area contributed by atoms with Gasteiger partial charge in [0, 0.05) is 56.7 Å². The number of hydrogen-bond acceptors (Lipinski definition) is 4. The molecule has 1 N–H and O–H groups in total. The highest BCUT2D eigenvalue weighted by Gasteiger charge is 2.38. The largest absolute Gasteiger partial charge is 0.381 e. The quantitative estimate of drug-likeness (QED) is 0.833. The van der Waals surface area contributed by atoms with Crippen LogP contribution in [0, 0.1) is 12.8 Å². The number of ether oxygens (including phenoxy) is 1. The van der Waals surface area contributed by atoms with Crippen molar-refractivity contribution in [3.8, 4) is 0 Å². The van der Waals surface area contributed by atoms with Gasteiger partial charge in [-0.2, -0.15) is 0 Å². The molecule has 2 saturated heterocycles. The second-order valence-electron chi connectivity index (χ2n) is 7.45. The van der Waals surface area contributed by atoms with E-state index in [0.29, 0.717) is 26.2 Å². The van der Waals surface area contributed by atoms with E-state index in [1.54, 1.807) is 0 Å². The van der Waals surface area contributed by atoms with Crippen LogP contribution in [0.1, 0.15) is 38.7 Å². The Labute approximate surface area is 161 Å². The van der Waals surface area contributed by atoms with E-state index < -0.39 is 0 Å². The summed E-state index contributed by atoms with van der Waals surface area (Å²) in [6.07, 6.45) is 2.04. The third-order valence-electron chi connectivity index (χ3n) is 5.76. The zero-order valence-electron chi connectivity index (χ0n) is 16.7. The Morgan fingerprint density at radius 3 is 2.59 bits per heavy atom. The maximum atomic E-state index is 12.7.